The van der Waals surface area contributed by atoms with Crippen molar-refractivity contribution in [3.63, 3.8) is 0 Å². The Hall–Kier alpha value is -2.49. The third kappa shape index (κ3) is 6.53. The van der Waals surface area contributed by atoms with Gasteiger partial charge in [0.05, 0.1) is 22.7 Å². The van der Waals surface area contributed by atoms with Gasteiger partial charge < -0.3 is 4.90 Å². The maximum Gasteiger partial charge on any atom is 0.294 e. The predicted octanol–water partition coefficient (Wildman–Crippen LogP) is 6.33. The van der Waals surface area contributed by atoms with E-state index in [-0.39, 0.29) is 22.5 Å². The zero-order chi connectivity index (χ0) is 31.1. The van der Waals surface area contributed by atoms with E-state index in [4.69, 9.17) is 9.81 Å². The van der Waals surface area contributed by atoms with E-state index in [0.29, 0.717) is 13.0 Å². The molecule has 0 atom stereocenters. The molecule has 0 bridgehead atoms. The van der Waals surface area contributed by atoms with Crippen molar-refractivity contribution in [2.24, 2.45) is 0 Å². The van der Waals surface area contributed by atoms with Crippen LogP contribution in [0.5, 0.6) is 0 Å². The highest BCUT2D eigenvalue weighted by molar-refractivity contribution is 7.94. The Bertz CT molecular complexity index is 1690. The fourth-order valence-corrected chi connectivity index (χ4v) is 7.39. The lowest BCUT2D eigenvalue weighted by molar-refractivity contribution is -0.432. The molecular weight excluding hydrogens is 603 g/mol. The lowest BCUT2D eigenvalue weighted by Gasteiger charge is -2.27. The first-order valence-corrected chi connectivity index (χ1v) is 17.0. The summed E-state index contributed by atoms with van der Waals surface area (Å²) >= 11 is 0.906. The number of benzene rings is 2. The number of allylic oxidation sites excluding steroid dienone is 6. The summed E-state index contributed by atoms with van der Waals surface area (Å²) in [5.74, 6) is -0.347. The van der Waals surface area contributed by atoms with E-state index in [1.807, 2.05) is 49.1 Å². The number of anilines is 1. The Morgan fingerprint density at radius 1 is 0.952 bits per heavy atom. The van der Waals surface area contributed by atoms with Gasteiger partial charge in [0.25, 0.3) is 20.2 Å². The molecule has 0 unspecified atom stereocenters. The maximum absolute atomic E-state index is 11.9. The molecule has 2 aromatic carbocycles. The first-order chi connectivity index (χ1) is 19.5. The summed E-state index contributed by atoms with van der Waals surface area (Å²) in [6, 6.07) is 10.4. The minimum atomic E-state index is -4.41. The standard InChI is InChI=1S/C29H35NO9S3/c1-19-22-13-11-20(40-39-38-31)17-24(22)28(2,3)23(19)9-8-10-27-29(4,5)25-18-21(42(35,36)37)12-14-26(25)30(27)15-6-7-16-41(32,33)34/h8-14,17-18,31H,6-7,15-16H2,1-5H3,(H,32,33,34)(H,35,36,37). The quantitative estimate of drug-likeness (QED) is 0.0833. The smallest absolute Gasteiger partial charge is 0.294 e. The molecule has 0 radical (unpaired) electrons. The molecular formula is C29H35NO9S3. The zero-order valence-electron chi connectivity index (χ0n) is 24.0. The highest BCUT2D eigenvalue weighted by Crippen LogP contribution is 2.50. The second-order valence-electron chi connectivity index (χ2n) is 11.4. The summed E-state index contributed by atoms with van der Waals surface area (Å²) in [5.41, 5.74) is 5.82. The number of rotatable bonds is 11. The van der Waals surface area contributed by atoms with E-state index in [1.54, 1.807) is 6.07 Å². The summed E-state index contributed by atoms with van der Waals surface area (Å²) in [6.45, 7) is 10.7. The molecule has 10 nitrogen and oxygen atoms in total. The van der Waals surface area contributed by atoms with Gasteiger partial charge in [-0.05, 0) is 84.0 Å². The second-order valence-corrected chi connectivity index (χ2v) is 15.2. The van der Waals surface area contributed by atoms with Crippen molar-refractivity contribution in [3.05, 3.63) is 82.6 Å². The molecule has 0 amide bonds. The third-order valence-corrected chi connectivity index (χ3v) is 10.2. The molecule has 0 fully saturated rings. The average Bonchev–Trinajstić information content (AvgIpc) is 3.22. The summed E-state index contributed by atoms with van der Waals surface area (Å²) in [6.07, 6.45) is 6.72. The van der Waals surface area contributed by atoms with E-state index >= 15 is 0 Å². The van der Waals surface area contributed by atoms with E-state index in [0.717, 1.165) is 56.2 Å². The average molecular weight is 638 g/mol. The molecule has 1 aliphatic heterocycles. The molecule has 0 aromatic heterocycles. The van der Waals surface area contributed by atoms with Gasteiger partial charge in [-0.15, -0.1) is 4.33 Å². The Morgan fingerprint density at radius 3 is 2.31 bits per heavy atom. The maximum atomic E-state index is 11.9. The van der Waals surface area contributed by atoms with Crippen LogP contribution in [0.3, 0.4) is 0 Å². The van der Waals surface area contributed by atoms with Crippen LogP contribution in [0.4, 0.5) is 5.69 Å². The van der Waals surface area contributed by atoms with Gasteiger partial charge in [0.2, 0.25) is 0 Å². The molecule has 0 saturated carbocycles. The highest BCUT2D eigenvalue weighted by Gasteiger charge is 2.40. The van der Waals surface area contributed by atoms with Crippen LogP contribution >= 0.6 is 12.0 Å². The van der Waals surface area contributed by atoms with E-state index < -0.39 is 25.7 Å². The van der Waals surface area contributed by atoms with Crippen molar-refractivity contribution in [2.45, 2.75) is 68.1 Å². The summed E-state index contributed by atoms with van der Waals surface area (Å²) in [7, 11) is -8.49. The van der Waals surface area contributed by atoms with Crippen LogP contribution in [-0.2, 0) is 40.4 Å². The van der Waals surface area contributed by atoms with Gasteiger partial charge in [0.15, 0.2) is 0 Å². The number of hydrogen-bond donors (Lipinski definition) is 3. The van der Waals surface area contributed by atoms with Crippen LogP contribution in [0.2, 0.25) is 0 Å². The topological polar surface area (TPSA) is 151 Å². The van der Waals surface area contributed by atoms with Crippen LogP contribution in [0.1, 0.15) is 64.2 Å². The number of hydrogen-bond acceptors (Lipinski definition) is 9. The molecule has 1 heterocycles. The fourth-order valence-electron chi connectivity index (χ4n) is 5.91. The van der Waals surface area contributed by atoms with Crippen LogP contribution < -0.4 is 4.90 Å². The molecule has 42 heavy (non-hydrogen) atoms. The molecule has 2 aromatic rings. The molecule has 0 spiro atoms. The van der Waals surface area contributed by atoms with Gasteiger partial charge in [-0.25, -0.2) is 5.26 Å². The Labute approximate surface area is 251 Å². The predicted molar refractivity (Wildman–Crippen MR) is 162 cm³/mol. The van der Waals surface area contributed by atoms with Gasteiger partial charge in [-0.1, -0.05) is 51.0 Å². The van der Waals surface area contributed by atoms with Crippen molar-refractivity contribution < 1.29 is 40.6 Å². The van der Waals surface area contributed by atoms with Gasteiger partial charge >= 0.3 is 0 Å². The SMILES string of the molecule is CC1=C(C=CC=C2N(CCCCS(=O)(=O)O)c3ccc(S(=O)(=O)O)cc3C2(C)C)C(C)(C)c2cc(SOOO)ccc21. The summed E-state index contributed by atoms with van der Waals surface area (Å²) in [4.78, 5) is 2.60. The van der Waals surface area contributed by atoms with Crippen molar-refractivity contribution in [2.75, 3.05) is 17.2 Å². The molecule has 3 N–H and O–H groups in total. The number of unbranched alkanes of at least 4 members (excludes halogenated alkanes) is 1. The number of nitrogens with zero attached hydrogens (tertiary/aromatic N) is 1. The second kappa shape index (κ2) is 11.9. The fraction of sp³-hybridized carbons (Fsp3) is 0.379. The normalized spacial score (nSPS) is 18.8. The van der Waals surface area contributed by atoms with Crippen LogP contribution in [0, 0.1) is 0 Å². The molecule has 2 aliphatic rings. The Balaban J connectivity index is 1.69. The van der Waals surface area contributed by atoms with Gasteiger partial charge in [-0.3, -0.25) is 9.11 Å². The van der Waals surface area contributed by atoms with Gasteiger partial charge in [-0.2, -0.15) is 16.8 Å². The minimum Gasteiger partial charge on any atom is -0.344 e. The monoisotopic (exact) mass is 637 g/mol. The molecule has 1 aliphatic carbocycles. The first kappa shape index (κ1) is 32.4. The largest absolute Gasteiger partial charge is 0.344 e. The molecule has 13 heteroatoms. The zero-order valence-corrected chi connectivity index (χ0v) is 26.4. The van der Waals surface area contributed by atoms with E-state index in [9.17, 15) is 21.4 Å². The van der Waals surface area contributed by atoms with Crippen molar-refractivity contribution in [1.29, 1.82) is 0 Å². The van der Waals surface area contributed by atoms with Crippen molar-refractivity contribution in [1.82, 2.24) is 0 Å². The van der Waals surface area contributed by atoms with Crippen molar-refractivity contribution in [3.8, 4) is 0 Å². The van der Waals surface area contributed by atoms with Crippen molar-refractivity contribution >= 4 is 43.5 Å². The van der Waals surface area contributed by atoms with E-state index in [1.165, 1.54) is 12.1 Å². The Kier molecular flexibility index (Phi) is 9.18. The third-order valence-electron chi connectivity index (χ3n) is 8.02. The highest BCUT2D eigenvalue weighted by atomic mass is 32.2. The van der Waals surface area contributed by atoms with Crippen LogP contribution in [0.15, 0.2) is 75.7 Å². The van der Waals surface area contributed by atoms with E-state index in [2.05, 4.69) is 36.2 Å². The first-order valence-electron chi connectivity index (χ1n) is 13.2. The molecule has 4 rings (SSSR count). The van der Waals surface area contributed by atoms with Crippen LogP contribution in [0.25, 0.3) is 5.57 Å². The Morgan fingerprint density at radius 2 is 1.67 bits per heavy atom. The lowest BCUT2D eigenvalue weighted by atomic mass is 9.80. The summed E-state index contributed by atoms with van der Waals surface area (Å²) < 4.78 is 69.7. The minimum absolute atomic E-state index is 0.197. The molecule has 228 valence electrons. The molecule has 0 saturated heterocycles. The summed E-state index contributed by atoms with van der Waals surface area (Å²) in [5, 5.41) is 12.2. The number of fused-ring (bicyclic) bond motifs is 2. The lowest BCUT2D eigenvalue weighted by Crippen LogP contribution is -2.27. The van der Waals surface area contributed by atoms with Gasteiger partial charge in [0.1, 0.15) is 0 Å². The van der Waals surface area contributed by atoms with Gasteiger partial charge in [0, 0.05) is 33.7 Å². The van der Waals surface area contributed by atoms with Crippen LogP contribution in [-0.4, -0.2) is 43.5 Å².